The zero-order chi connectivity index (χ0) is 21.8. The molecule has 1 aliphatic rings. The normalized spacial score (nSPS) is 12.3. The van der Waals surface area contributed by atoms with Gasteiger partial charge in [-0.2, -0.15) is 5.26 Å². The fourth-order valence-corrected chi connectivity index (χ4v) is 4.48. The molecular formula is C23H25ClN4O3S. The number of carbonyl (C=O) groups is 1. The number of aromatic nitrogens is 1. The highest BCUT2D eigenvalue weighted by atomic mass is 35.5. The van der Waals surface area contributed by atoms with E-state index in [1.807, 2.05) is 12.1 Å². The predicted octanol–water partition coefficient (Wildman–Crippen LogP) is 4.35. The third-order valence-corrected chi connectivity index (χ3v) is 6.35. The number of rotatable bonds is 7. The van der Waals surface area contributed by atoms with Crippen molar-refractivity contribution in [2.45, 2.75) is 13.8 Å². The number of thiazole rings is 1. The van der Waals surface area contributed by atoms with Gasteiger partial charge in [-0.1, -0.05) is 25.2 Å². The van der Waals surface area contributed by atoms with Gasteiger partial charge in [-0.15, -0.1) is 12.4 Å². The Morgan fingerprint density at radius 2 is 1.75 bits per heavy atom. The van der Waals surface area contributed by atoms with Gasteiger partial charge in [-0.05, 0) is 37.4 Å². The highest BCUT2D eigenvalue weighted by Crippen LogP contribution is 2.39. The SMILES string of the molecule is CCN(CC)CCN(C(=O)c1ccc(C#N)cc1)c1nc2cc3c(cc2s1)OCCO3.Cl. The molecule has 0 spiro atoms. The molecule has 0 saturated heterocycles. The minimum absolute atomic E-state index is 0. The number of nitrogens with zero attached hydrogens (tertiary/aromatic N) is 4. The standard InChI is InChI=1S/C23H24N4O3S.ClH/c1-3-26(4-2)9-10-27(22(28)17-7-5-16(15-24)6-8-17)23-25-18-13-19-20(14-21(18)31-23)30-12-11-29-19;/h5-8,13-14H,3-4,9-12H2,1-2H3;1H. The summed E-state index contributed by atoms with van der Waals surface area (Å²) < 4.78 is 12.3. The monoisotopic (exact) mass is 472 g/mol. The van der Waals surface area contributed by atoms with Crippen molar-refractivity contribution in [3.8, 4) is 17.6 Å². The first-order valence-corrected chi connectivity index (χ1v) is 11.2. The van der Waals surface area contributed by atoms with Crippen molar-refractivity contribution in [2.75, 3.05) is 44.3 Å². The van der Waals surface area contributed by atoms with Crippen molar-refractivity contribution in [1.29, 1.82) is 5.26 Å². The number of halogens is 1. The first-order valence-electron chi connectivity index (χ1n) is 10.4. The number of ether oxygens (including phenoxy) is 2. The Balaban J connectivity index is 0.00000289. The largest absolute Gasteiger partial charge is 0.486 e. The molecule has 7 nitrogen and oxygen atoms in total. The lowest BCUT2D eigenvalue weighted by atomic mass is 10.1. The Labute approximate surface area is 197 Å². The van der Waals surface area contributed by atoms with E-state index in [1.165, 1.54) is 11.3 Å². The van der Waals surface area contributed by atoms with Crippen LogP contribution in [0.5, 0.6) is 11.5 Å². The third kappa shape index (κ3) is 4.96. The maximum atomic E-state index is 13.4. The predicted molar refractivity (Wildman–Crippen MR) is 128 cm³/mol. The van der Waals surface area contributed by atoms with Crippen molar-refractivity contribution >= 4 is 45.0 Å². The number of benzene rings is 2. The summed E-state index contributed by atoms with van der Waals surface area (Å²) >= 11 is 1.46. The van der Waals surface area contributed by atoms with Crippen molar-refractivity contribution in [2.24, 2.45) is 0 Å². The average Bonchev–Trinajstić information content (AvgIpc) is 3.22. The Morgan fingerprint density at radius 1 is 1.09 bits per heavy atom. The topological polar surface area (TPSA) is 78.7 Å². The minimum Gasteiger partial charge on any atom is -0.486 e. The number of amides is 1. The van der Waals surface area contributed by atoms with Crippen LogP contribution in [-0.4, -0.2) is 55.2 Å². The zero-order valence-corrected chi connectivity index (χ0v) is 19.7. The number of fused-ring (bicyclic) bond motifs is 2. The van der Waals surface area contributed by atoms with Crippen molar-refractivity contribution < 1.29 is 14.3 Å². The van der Waals surface area contributed by atoms with Gasteiger partial charge in [0.15, 0.2) is 16.6 Å². The number of anilines is 1. The van der Waals surface area contributed by atoms with E-state index in [-0.39, 0.29) is 18.3 Å². The summed E-state index contributed by atoms with van der Waals surface area (Å²) in [5.74, 6) is 1.26. The highest BCUT2D eigenvalue weighted by molar-refractivity contribution is 7.22. The molecule has 1 aromatic heterocycles. The second-order valence-electron chi connectivity index (χ2n) is 7.13. The summed E-state index contributed by atoms with van der Waals surface area (Å²) in [6, 6.07) is 12.6. The van der Waals surface area contributed by atoms with Crippen LogP contribution < -0.4 is 14.4 Å². The molecule has 0 unspecified atom stereocenters. The highest BCUT2D eigenvalue weighted by Gasteiger charge is 2.23. The summed E-state index contributed by atoms with van der Waals surface area (Å²) in [4.78, 5) is 22.2. The first-order chi connectivity index (χ1) is 15.1. The van der Waals surface area contributed by atoms with Crippen LogP contribution >= 0.6 is 23.7 Å². The lowest BCUT2D eigenvalue weighted by Crippen LogP contribution is -2.38. The molecule has 0 bridgehead atoms. The zero-order valence-electron chi connectivity index (χ0n) is 18.0. The molecule has 1 amide bonds. The fraction of sp³-hybridized carbons (Fsp3) is 0.348. The number of nitriles is 1. The summed E-state index contributed by atoms with van der Waals surface area (Å²) in [7, 11) is 0. The second-order valence-corrected chi connectivity index (χ2v) is 8.14. The molecule has 0 aliphatic carbocycles. The lowest BCUT2D eigenvalue weighted by Gasteiger charge is -2.24. The molecule has 4 rings (SSSR count). The quantitative estimate of drug-likeness (QED) is 0.508. The number of hydrogen-bond donors (Lipinski definition) is 0. The lowest BCUT2D eigenvalue weighted by molar-refractivity contribution is 0.0984. The van der Waals surface area contributed by atoms with Crippen LogP contribution in [0.3, 0.4) is 0 Å². The number of likely N-dealkylation sites (N-methyl/N-ethyl adjacent to an activating group) is 1. The van der Waals surface area contributed by atoms with E-state index < -0.39 is 0 Å². The van der Waals surface area contributed by atoms with Gasteiger partial charge in [0.2, 0.25) is 0 Å². The average molecular weight is 473 g/mol. The summed E-state index contributed by atoms with van der Waals surface area (Å²) in [6.07, 6.45) is 0. The Bertz CT molecular complexity index is 1080. The van der Waals surface area contributed by atoms with Gasteiger partial charge in [-0.25, -0.2) is 4.98 Å². The van der Waals surface area contributed by atoms with Crippen molar-refractivity contribution in [1.82, 2.24) is 9.88 Å². The van der Waals surface area contributed by atoms with Crippen molar-refractivity contribution in [3.63, 3.8) is 0 Å². The Morgan fingerprint density at radius 3 is 2.38 bits per heavy atom. The molecule has 0 atom stereocenters. The fourth-order valence-electron chi connectivity index (χ4n) is 3.48. The molecular weight excluding hydrogens is 448 g/mol. The molecule has 0 saturated carbocycles. The molecule has 1 aliphatic heterocycles. The van der Waals surface area contributed by atoms with E-state index in [1.54, 1.807) is 29.2 Å². The van der Waals surface area contributed by atoms with Crippen LogP contribution in [0.1, 0.15) is 29.8 Å². The van der Waals surface area contributed by atoms with Crippen molar-refractivity contribution in [3.05, 3.63) is 47.5 Å². The molecule has 0 N–H and O–H groups in total. The van der Waals surface area contributed by atoms with Crippen LogP contribution in [-0.2, 0) is 0 Å². The van der Waals surface area contributed by atoms with Crippen LogP contribution in [0.15, 0.2) is 36.4 Å². The van der Waals surface area contributed by atoms with Gasteiger partial charge >= 0.3 is 0 Å². The molecule has 2 heterocycles. The first kappa shape index (κ1) is 23.8. The summed E-state index contributed by atoms with van der Waals surface area (Å²) in [6.45, 7) is 8.35. The molecule has 168 valence electrons. The van der Waals surface area contributed by atoms with E-state index >= 15 is 0 Å². The van der Waals surface area contributed by atoms with E-state index in [0.717, 1.165) is 29.9 Å². The van der Waals surface area contributed by atoms with Gasteiger partial charge in [0.05, 0.1) is 21.8 Å². The van der Waals surface area contributed by atoms with Crippen LogP contribution in [0.4, 0.5) is 5.13 Å². The van der Waals surface area contributed by atoms with E-state index in [4.69, 9.17) is 19.7 Å². The number of hydrogen-bond acceptors (Lipinski definition) is 7. The molecule has 3 aromatic rings. The maximum absolute atomic E-state index is 13.4. The minimum atomic E-state index is -0.132. The third-order valence-electron chi connectivity index (χ3n) is 5.31. The van der Waals surface area contributed by atoms with Crippen LogP contribution in [0, 0.1) is 11.3 Å². The van der Waals surface area contributed by atoms with Gasteiger partial charge in [0.1, 0.15) is 13.2 Å². The van der Waals surface area contributed by atoms with Gasteiger partial charge in [0, 0.05) is 30.8 Å². The van der Waals surface area contributed by atoms with Gasteiger partial charge < -0.3 is 14.4 Å². The molecule has 0 radical (unpaired) electrons. The smallest absolute Gasteiger partial charge is 0.260 e. The Kier molecular flexibility index (Phi) is 7.91. The summed E-state index contributed by atoms with van der Waals surface area (Å²) in [5.41, 5.74) is 1.84. The Hall–Kier alpha value is -2.86. The van der Waals surface area contributed by atoms with Gasteiger partial charge in [0.25, 0.3) is 5.91 Å². The molecule has 9 heteroatoms. The van der Waals surface area contributed by atoms with E-state index in [0.29, 0.717) is 47.5 Å². The van der Waals surface area contributed by atoms with E-state index in [2.05, 4.69) is 24.8 Å². The number of carbonyl (C=O) groups excluding carboxylic acids is 1. The van der Waals surface area contributed by atoms with Gasteiger partial charge in [-0.3, -0.25) is 9.69 Å². The van der Waals surface area contributed by atoms with Crippen LogP contribution in [0.2, 0.25) is 0 Å². The van der Waals surface area contributed by atoms with Crippen LogP contribution in [0.25, 0.3) is 10.2 Å². The second kappa shape index (κ2) is 10.6. The molecule has 2 aromatic carbocycles. The molecule has 0 fully saturated rings. The molecule has 32 heavy (non-hydrogen) atoms. The maximum Gasteiger partial charge on any atom is 0.260 e. The van der Waals surface area contributed by atoms with E-state index in [9.17, 15) is 4.79 Å². The summed E-state index contributed by atoms with van der Waals surface area (Å²) in [5, 5.41) is 9.68.